The molecule has 0 radical (unpaired) electrons. The van der Waals surface area contributed by atoms with Gasteiger partial charge in [-0.25, -0.2) is 9.78 Å². The van der Waals surface area contributed by atoms with Crippen LogP contribution in [0.3, 0.4) is 0 Å². The van der Waals surface area contributed by atoms with Crippen molar-refractivity contribution in [1.82, 2.24) is 19.4 Å². The summed E-state index contributed by atoms with van der Waals surface area (Å²) in [6.07, 6.45) is 2.67. The lowest BCUT2D eigenvalue weighted by Crippen LogP contribution is -2.50. The fourth-order valence-electron chi connectivity index (χ4n) is 4.85. The summed E-state index contributed by atoms with van der Waals surface area (Å²) in [4.78, 5) is 32.7. The Morgan fingerprint density at radius 3 is 2.35 bits per heavy atom. The molecule has 0 atom stereocenters. The maximum absolute atomic E-state index is 12.9. The summed E-state index contributed by atoms with van der Waals surface area (Å²) < 4.78 is 40.8. The molecule has 3 aromatic rings. The van der Waals surface area contributed by atoms with Gasteiger partial charge in [-0.2, -0.15) is 13.2 Å². The van der Waals surface area contributed by atoms with Crippen LogP contribution in [0.25, 0.3) is 11.3 Å². The Labute approximate surface area is 210 Å². The van der Waals surface area contributed by atoms with Crippen LogP contribution in [0.5, 0.6) is 5.75 Å². The summed E-state index contributed by atoms with van der Waals surface area (Å²) in [5.74, 6) is -1.12. The maximum Gasteiger partial charge on any atom is 0.490 e. The van der Waals surface area contributed by atoms with E-state index in [1.165, 1.54) is 18.5 Å². The average molecular weight is 515 g/mol. The molecule has 3 aliphatic rings. The first-order valence-corrected chi connectivity index (χ1v) is 12.0. The van der Waals surface area contributed by atoms with Gasteiger partial charge in [-0.3, -0.25) is 9.78 Å². The molecule has 4 heterocycles. The number of aromatic nitrogens is 3. The van der Waals surface area contributed by atoms with Gasteiger partial charge >= 0.3 is 12.1 Å². The van der Waals surface area contributed by atoms with Crippen LogP contribution >= 0.6 is 0 Å². The number of halogens is 3. The first kappa shape index (κ1) is 24.8. The summed E-state index contributed by atoms with van der Waals surface area (Å²) in [5.41, 5.74) is 3.37. The quantitative estimate of drug-likeness (QED) is 0.552. The molecule has 6 rings (SSSR count). The number of nitrogens with zero attached hydrogens (tertiary/aromatic N) is 4. The number of piperidine rings is 1. The number of hydrogen-bond acceptors (Lipinski definition) is 5. The van der Waals surface area contributed by atoms with Crippen molar-refractivity contribution in [3.8, 4) is 17.0 Å². The highest BCUT2D eigenvalue weighted by atomic mass is 19.4. The number of benzene rings is 1. The molecule has 1 saturated heterocycles. The highest BCUT2D eigenvalue weighted by Gasteiger charge is 2.47. The molecule has 11 heteroatoms. The van der Waals surface area contributed by atoms with E-state index in [0.717, 1.165) is 42.3 Å². The molecule has 1 saturated carbocycles. The lowest BCUT2D eigenvalue weighted by Gasteiger charge is -2.44. The van der Waals surface area contributed by atoms with Gasteiger partial charge in [-0.15, -0.1) is 0 Å². The van der Waals surface area contributed by atoms with E-state index in [0.29, 0.717) is 18.8 Å². The van der Waals surface area contributed by atoms with Crippen molar-refractivity contribution in [1.29, 1.82) is 0 Å². The molecule has 8 nitrogen and oxygen atoms in total. The molecule has 2 aliphatic heterocycles. The third-order valence-electron chi connectivity index (χ3n) is 6.85. The zero-order valence-electron chi connectivity index (χ0n) is 19.8. The molecule has 194 valence electrons. The molecule has 2 aromatic heterocycles. The van der Waals surface area contributed by atoms with Crippen LogP contribution in [0.2, 0.25) is 0 Å². The standard InChI is InChI=1S/C24H24N4O2.C2HF3O2/c29-23(19-6-3-4-12-25-19)27-13-10-24(11-14-27)22-21(18-5-1-2-7-20(18)30-24)26-16-28(22)15-17-8-9-17;3-2(4,5)1(6)7/h1-7,12,16-17H,8-11,13-15H2;(H,6,7). The first-order valence-electron chi connectivity index (χ1n) is 12.0. The van der Waals surface area contributed by atoms with Gasteiger partial charge in [0.2, 0.25) is 0 Å². The Morgan fingerprint density at radius 1 is 1.05 bits per heavy atom. The van der Waals surface area contributed by atoms with Crippen LogP contribution < -0.4 is 4.74 Å². The van der Waals surface area contributed by atoms with E-state index in [-0.39, 0.29) is 5.91 Å². The fourth-order valence-corrected chi connectivity index (χ4v) is 4.85. The smallest absolute Gasteiger partial charge is 0.480 e. The van der Waals surface area contributed by atoms with Gasteiger partial charge in [0.1, 0.15) is 11.4 Å². The molecule has 1 aromatic carbocycles. The normalized spacial score (nSPS) is 17.6. The van der Waals surface area contributed by atoms with Crippen LogP contribution in [0, 0.1) is 5.92 Å². The number of likely N-dealkylation sites (tertiary alicyclic amines) is 1. The molecule has 0 bridgehead atoms. The Bertz CT molecular complexity index is 1300. The Hall–Kier alpha value is -3.89. The molecular weight excluding hydrogens is 489 g/mol. The Morgan fingerprint density at radius 2 is 1.73 bits per heavy atom. The summed E-state index contributed by atoms with van der Waals surface area (Å²) in [5, 5.41) is 7.12. The van der Waals surface area contributed by atoms with Crippen molar-refractivity contribution < 1.29 is 32.6 Å². The SMILES string of the molecule is O=C(O)C(F)(F)F.O=C(c1ccccn1)N1CCC2(CC1)Oc1ccccc1-c1ncn(CC3CC3)c12. The predicted octanol–water partition coefficient (Wildman–Crippen LogP) is 4.51. The number of carbonyl (C=O) groups excluding carboxylic acids is 1. The highest BCUT2D eigenvalue weighted by Crippen LogP contribution is 2.49. The molecule has 1 amide bonds. The molecule has 37 heavy (non-hydrogen) atoms. The molecular formula is C26H25F3N4O4. The fraction of sp³-hybridized carbons (Fsp3) is 0.385. The van der Waals surface area contributed by atoms with E-state index in [1.807, 2.05) is 41.6 Å². The van der Waals surface area contributed by atoms with Gasteiger partial charge in [0, 0.05) is 44.2 Å². The molecule has 0 unspecified atom stereocenters. The van der Waals surface area contributed by atoms with E-state index in [9.17, 15) is 18.0 Å². The third-order valence-corrected chi connectivity index (χ3v) is 6.85. The van der Waals surface area contributed by atoms with Gasteiger partial charge in [0.25, 0.3) is 5.91 Å². The largest absolute Gasteiger partial charge is 0.490 e. The van der Waals surface area contributed by atoms with E-state index in [1.54, 1.807) is 12.3 Å². The van der Waals surface area contributed by atoms with Crippen molar-refractivity contribution in [2.24, 2.45) is 5.92 Å². The predicted molar refractivity (Wildman–Crippen MR) is 126 cm³/mol. The second-order valence-corrected chi connectivity index (χ2v) is 9.44. The number of aliphatic carboxylic acids is 1. The number of amides is 1. The minimum Gasteiger partial charge on any atom is -0.480 e. The van der Waals surface area contributed by atoms with Crippen molar-refractivity contribution in [2.45, 2.75) is 44.0 Å². The number of imidazole rings is 1. The van der Waals surface area contributed by atoms with Gasteiger partial charge in [0.05, 0.1) is 17.7 Å². The first-order chi connectivity index (χ1) is 17.7. The zero-order chi connectivity index (χ0) is 26.2. The molecule has 1 N–H and O–H groups in total. The third kappa shape index (κ3) is 5.03. The number of ether oxygens (including phenoxy) is 1. The van der Waals surface area contributed by atoms with Gasteiger partial charge < -0.3 is 19.3 Å². The van der Waals surface area contributed by atoms with Crippen molar-refractivity contribution in [3.63, 3.8) is 0 Å². The number of pyridine rings is 1. The Kier molecular flexibility index (Phi) is 6.38. The minimum atomic E-state index is -5.08. The monoisotopic (exact) mass is 514 g/mol. The van der Waals surface area contributed by atoms with Gasteiger partial charge in [0.15, 0.2) is 5.60 Å². The van der Waals surface area contributed by atoms with Crippen molar-refractivity contribution in [2.75, 3.05) is 13.1 Å². The summed E-state index contributed by atoms with van der Waals surface area (Å²) >= 11 is 0. The second kappa shape index (κ2) is 9.53. The van der Waals surface area contributed by atoms with E-state index in [4.69, 9.17) is 19.6 Å². The van der Waals surface area contributed by atoms with Crippen LogP contribution in [0.4, 0.5) is 13.2 Å². The number of hydrogen-bond donors (Lipinski definition) is 1. The lowest BCUT2D eigenvalue weighted by atomic mass is 9.83. The van der Waals surface area contributed by atoms with Crippen LogP contribution in [-0.2, 0) is 16.9 Å². The van der Waals surface area contributed by atoms with Crippen LogP contribution in [-0.4, -0.2) is 55.7 Å². The summed E-state index contributed by atoms with van der Waals surface area (Å²) in [6, 6.07) is 13.6. The number of carboxylic acids is 1. The van der Waals surface area contributed by atoms with E-state index in [2.05, 4.69) is 15.6 Å². The van der Waals surface area contributed by atoms with E-state index < -0.39 is 17.7 Å². The number of rotatable bonds is 3. The molecule has 2 fully saturated rings. The van der Waals surface area contributed by atoms with Crippen LogP contribution in [0.15, 0.2) is 55.0 Å². The van der Waals surface area contributed by atoms with Crippen molar-refractivity contribution in [3.05, 3.63) is 66.4 Å². The zero-order valence-corrected chi connectivity index (χ0v) is 19.8. The average Bonchev–Trinajstić information content (AvgIpc) is 3.60. The lowest BCUT2D eigenvalue weighted by molar-refractivity contribution is -0.192. The number of carboxylic acid groups (broad SMARTS) is 1. The maximum atomic E-state index is 12.9. The van der Waals surface area contributed by atoms with Gasteiger partial charge in [-0.1, -0.05) is 18.2 Å². The molecule has 1 spiro atoms. The number of alkyl halides is 3. The van der Waals surface area contributed by atoms with Crippen molar-refractivity contribution >= 4 is 11.9 Å². The number of fused-ring (bicyclic) bond motifs is 4. The minimum absolute atomic E-state index is 0.00614. The second-order valence-electron chi connectivity index (χ2n) is 9.44. The molecule has 1 aliphatic carbocycles. The van der Waals surface area contributed by atoms with E-state index >= 15 is 0 Å². The summed E-state index contributed by atoms with van der Waals surface area (Å²) in [7, 11) is 0. The number of para-hydroxylation sites is 1. The highest BCUT2D eigenvalue weighted by molar-refractivity contribution is 5.92. The summed E-state index contributed by atoms with van der Waals surface area (Å²) in [6.45, 7) is 2.30. The Balaban J connectivity index is 0.000000355. The topological polar surface area (TPSA) is 97.5 Å². The van der Waals surface area contributed by atoms with Gasteiger partial charge in [-0.05, 0) is 43.0 Å². The number of carbonyl (C=O) groups is 2. The van der Waals surface area contributed by atoms with Crippen LogP contribution in [0.1, 0.15) is 41.9 Å².